The van der Waals surface area contributed by atoms with E-state index in [0.29, 0.717) is 11.3 Å². The van der Waals surface area contributed by atoms with Gasteiger partial charge in [0.15, 0.2) is 0 Å². The van der Waals surface area contributed by atoms with E-state index in [1.165, 1.54) is 24.7 Å². The van der Waals surface area contributed by atoms with Gasteiger partial charge < -0.3 is 5.32 Å². The van der Waals surface area contributed by atoms with Crippen LogP contribution in [0, 0.1) is 0 Å². The van der Waals surface area contributed by atoms with Crippen LogP contribution in [-0.4, -0.2) is 15.5 Å². The van der Waals surface area contributed by atoms with Crippen molar-refractivity contribution in [1.29, 1.82) is 0 Å². The van der Waals surface area contributed by atoms with E-state index in [9.17, 15) is 18.0 Å². The van der Waals surface area contributed by atoms with E-state index in [-0.39, 0.29) is 23.2 Å². The lowest BCUT2D eigenvalue weighted by Crippen LogP contribution is -2.28. The monoisotopic (exact) mass is 513 g/mol. The van der Waals surface area contributed by atoms with E-state index in [1.807, 2.05) is 31.2 Å². The third-order valence-corrected chi connectivity index (χ3v) is 5.79. The summed E-state index contributed by atoms with van der Waals surface area (Å²) in [6.45, 7) is 1.87. The van der Waals surface area contributed by atoms with Crippen molar-refractivity contribution in [2.45, 2.75) is 19.1 Å². The Balaban J connectivity index is 1.64. The summed E-state index contributed by atoms with van der Waals surface area (Å²) in [5.41, 5.74) is 1.49. The first-order valence-electron chi connectivity index (χ1n) is 10.1. The number of carbonyl (C=O) groups is 1. The Bertz CT molecular complexity index is 1280. The molecule has 4 rings (SSSR count). The van der Waals surface area contributed by atoms with Crippen LogP contribution in [0.25, 0.3) is 16.8 Å². The molecule has 8 heteroatoms. The molecular formula is C25H19BrF3N3O. The standard InChI is InChI=1S/C25H19BrF3N3O/c1-16(17-9-11-19(26)12-10-17)31-24(33)23-14-30-15-32(23)20-6-4-5-18(13-20)21-7-2-3-8-22(21)25(27,28)29/h2-16H,1H3,(H,31,33)/t16-/m1/s1. The van der Waals surface area contributed by atoms with Crippen LogP contribution in [0.5, 0.6) is 0 Å². The molecular weight excluding hydrogens is 495 g/mol. The molecule has 0 radical (unpaired) electrons. The SMILES string of the molecule is C[C@@H](NC(=O)c1cncn1-c1cccc(-c2ccccc2C(F)(F)F)c1)c1ccc(Br)cc1. The first-order chi connectivity index (χ1) is 15.7. The van der Waals surface area contributed by atoms with Crippen LogP contribution in [0.2, 0.25) is 0 Å². The number of nitrogens with zero attached hydrogens (tertiary/aromatic N) is 2. The van der Waals surface area contributed by atoms with Crippen molar-refractivity contribution in [2.75, 3.05) is 0 Å². The summed E-state index contributed by atoms with van der Waals surface area (Å²) in [7, 11) is 0. The molecule has 3 aromatic carbocycles. The number of aromatic nitrogens is 2. The van der Waals surface area contributed by atoms with Crippen molar-refractivity contribution in [2.24, 2.45) is 0 Å². The van der Waals surface area contributed by atoms with Crippen LogP contribution in [0.1, 0.15) is 34.6 Å². The average Bonchev–Trinajstić information content (AvgIpc) is 3.29. The zero-order chi connectivity index (χ0) is 23.6. The van der Waals surface area contributed by atoms with E-state index < -0.39 is 11.7 Å². The second-order valence-corrected chi connectivity index (χ2v) is 8.40. The van der Waals surface area contributed by atoms with Crippen molar-refractivity contribution >= 4 is 21.8 Å². The largest absolute Gasteiger partial charge is 0.417 e. The fourth-order valence-corrected chi connectivity index (χ4v) is 3.84. The second kappa shape index (κ2) is 9.23. The summed E-state index contributed by atoms with van der Waals surface area (Å²) >= 11 is 3.39. The Hall–Kier alpha value is -3.39. The van der Waals surface area contributed by atoms with Gasteiger partial charge in [0.1, 0.15) is 5.69 Å². The van der Waals surface area contributed by atoms with Crippen LogP contribution in [0.15, 0.2) is 89.8 Å². The van der Waals surface area contributed by atoms with Crippen molar-refractivity contribution in [1.82, 2.24) is 14.9 Å². The molecule has 0 unspecified atom stereocenters. The van der Waals surface area contributed by atoms with Crippen molar-refractivity contribution in [3.63, 3.8) is 0 Å². The van der Waals surface area contributed by atoms with E-state index in [4.69, 9.17) is 0 Å². The van der Waals surface area contributed by atoms with Gasteiger partial charge in [0.2, 0.25) is 0 Å². The molecule has 0 spiro atoms. The van der Waals surface area contributed by atoms with Gasteiger partial charge in [-0.1, -0.05) is 58.4 Å². The average molecular weight is 514 g/mol. The van der Waals surface area contributed by atoms with E-state index in [0.717, 1.165) is 16.1 Å². The van der Waals surface area contributed by atoms with Gasteiger partial charge in [-0.25, -0.2) is 4.98 Å². The minimum atomic E-state index is -4.48. The zero-order valence-corrected chi connectivity index (χ0v) is 19.1. The molecule has 33 heavy (non-hydrogen) atoms. The third kappa shape index (κ3) is 5.01. The molecule has 1 heterocycles. The third-order valence-electron chi connectivity index (χ3n) is 5.26. The van der Waals surface area contributed by atoms with Gasteiger partial charge in [-0.15, -0.1) is 0 Å². The molecule has 0 aliphatic heterocycles. The molecule has 0 bridgehead atoms. The van der Waals surface area contributed by atoms with Crippen molar-refractivity contribution in [3.05, 3.63) is 107 Å². The van der Waals surface area contributed by atoms with E-state index >= 15 is 0 Å². The number of amides is 1. The van der Waals surface area contributed by atoms with Crippen molar-refractivity contribution < 1.29 is 18.0 Å². The number of hydrogen-bond donors (Lipinski definition) is 1. The quantitative estimate of drug-likeness (QED) is 0.318. The molecule has 0 saturated carbocycles. The summed E-state index contributed by atoms with van der Waals surface area (Å²) in [5, 5.41) is 2.94. The lowest BCUT2D eigenvalue weighted by Gasteiger charge is -2.16. The highest BCUT2D eigenvalue weighted by atomic mass is 79.9. The number of carbonyl (C=O) groups excluding carboxylic acids is 1. The summed E-state index contributed by atoms with van der Waals surface area (Å²) < 4.78 is 43.0. The minimum absolute atomic E-state index is 0.0711. The van der Waals surface area contributed by atoms with Crippen LogP contribution < -0.4 is 5.32 Å². The van der Waals surface area contributed by atoms with Gasteiger partial charge in [0.05, 0.1) is 24.1 Å². The van der Waals surface area contributed by atoms with Gasteiger partial charge in [-0.3, -0.25) is 9.36 Å². The Morgan fingerprint density at radius 3 is 2.48 bits per heavy atom. The van der Waals surface area contributed by atoms with Crippen LogP contribution in [0.3, 0.4) is 0 Å². The fraction of sp³-hybridized carbons (Fsp3) is 0.120. The Kier molecular flexibility index (Phi) is 6.37. The normalized spacial score (nSPS) is 12.4. The Labute approximate surface area is 197 Å². The first-order valence-corrected chi connectivity index (χ1v) is 10.9. The number of halogens is 4. The van der Waals surface area contributed by atoms with Crippen LogP contribution in [-0.2, 0) is 6.18 Å². The number of hydrogen-bond acceptors (Lipinski definition) is 2. The highest BCUT2D eigenvalue weighted by Gasteiger charge is 2.33. The highest BCUT2D eigenvalue weighted by molar-refractivity contribution is 9.10. The molecule has 0 aliphatic carbocycles. The van der Waals surface area contributed by atoms with Gasteiger partial charge in [-0.05, 0) is 53.9 Å². The maximum absolute atomic E-state index is 13.5. The topological polar surface area (TPSA) is 46.9 Å². The molecule has 168 valence electrons. The zero-order valence-electron chi connectivity index (χ0n) is 17.5. The molecule has 1 aromatic heterocycles. The van der Waals surface area contributed by atoms with Gasteiger partial charge >= 0.3 is 6.18 Å². The summed E-state index contributed by atoms with van der Waals surface area (Å²) in [4.78, 5) is 17.0. The number of nitrogens with one attached hydrogen (secondary N) is 1. The van der Waals surface area contributed by atoms with Gasteiger partial charge in [0, 0.05) is 10.2 Å². The molecule has 0 saturated heterocycles. The highest BCUT2D eigenvalue weighted by Crippen LogP contribution is 2.37. The summed E-state index contributed by atoms with van der Waals surface area (Å²) in [5.74, 6) is -0.344. The maximum atomic E-state index is 13.5. The molecule has 0 aliphatic rings. The van der Waals surface area contributed by atoms with Crippen molar-refractivity contribution in [3.8, 4) is 16.8 Å². The number of imidazole rings is 1. The first kappa shape index (κ1) is 22.8. The smallest absolute Gasteiger partial charge is 0.344 e. The van der Waals surface area contributed by atoms with Crippen LogP contribution >= 0.6 is 15.9 Å². The lowest BCUT2D eigenvalue weighted by molar-refractivity contribution is -0.137. The predicted molar refractivity (Wildman–Crippen MR) is 124 cm³/mol. The molecule has 1 amide bonds. The molecule has 4 nitrogen and oxygen atoms in total. The lowest BCUT2D eigenvalue weighted by atomic mass is 9.99. The molecule has 4 aromatic rings. The molecule has 1 atom stereocenters. The number of benzene rings is 3. The number of rotatable bonds is 5. The predicted octanol–water partition coefficient (Wildman–Crippen LogP) is 6.81. The molecule has 0 fully saturated rings. The maximum Gasteiger partial charge on any atom is 0.417 e. The Morgan fingerprint density at radius 2 is 1.76 bits per heavy atom. The minimum Gasteiger partial charge on any atom is -0.344 e. The van der Waals surface area contributed by atoms with Gasteiger partial charge in [-0.2, -0.15) is 13.2 Å². The summed E-state index contributed by atoms with van der Waals surface area (Å²) in [6, 6.07) is 19.4. The summed E-state index contributed by atoms with van der Waals surface area (Å²) in [6.07, 6.45) is -1.58. The van der Waals surface area contributed by atoms with Crippen LogP contribution in [0.4, 0.5) is 13.2 Å². The Morgan fingerprint density at radius 1 is 1.03 bits per heavy atom. The molecule has 1 N–H and O–H groups in total. The van der Waals surface area contributed by atoms with E-state index in [1.54, 1.807) is 34.9 Å². The van der Waals surface area contributed by atoms with Gasteiger partial charge in [0.25, 0.3) is 5.91 Å². The fourth-order valence-electron chi connectivity index (χ4n) is 3.58. The van der Waals surface area contributed by atoms with E-state index in [2.05, 4.69) is 26.2 Å². The second-order valence-electron chi connectivity index (χ2n) is 7.49. The number of alkyl halides is 3.